The SMILES string of the molecule is CC(C)(C)Cc1oc(=O)oc1CCCC(CO[N+](=O)[O-])O[N+](=O)[O-].CC(C)(C)Cc1oc(=O)oc1CCCCCO[N+](=O)[O-]. The van der Waals surface area contributed by atoms with Crippen molar-refractivity contribution in [1.82, 2.24) is 0 Å². The van der Waals surface area contributed by atoms with Gasteiger partial charge in [-0.15, -0.1) is 30.3 Å². The Morgan fingerprint density at radius 3 is 1.52 bits per heavy atom. The van der Waals surface area contributed by atoms with E-state index in [1.54, 1.807) is 0 Å². The molecule has 1 unspecified atom stereocenters. The van der Waals surface area contributed by atoms with Crippen LogP contribution in [0.5, 0.6) is 0 Å². The van der Waals surface area contributed by atoms with Crippen LogP contribution in [0.3, 0.4) is 0 Å². The van der Waals surface area contributed by atoms with Crippen LogP contribution < -0.4 is 11.6 Å². The van der Waals surface area contributed by atoms with Crippen molar-refractivity contribution in [3.8, 4) is 0 Å². The Kier molecular flexibility index (Phi) is 15.1. The third-order valence-electron chi connectivity index (χ3n) is 5.61. The van der Waals surface area contributed by atoms with E-state index in [0.717, 1.165) is 12.8 Å². The Bertz CT molecular complexity index is 1290. The Balaban J connectivity index is 0.000000447. The quantitative estimate of drug-likeness (QED) is 0.123. The summed E-state index contributed by atoms with van der Waals surface area (Å²) in [5, 5.41) is 27.6. The second-order valence-electron chi connectivity index (χ2n) is 12.3. The van der Waals surface area contributed by atoms with Gasteiger partial charge in [0.15, 0.2) is 11.5 Å². The fraction of sp³-hybridized carbons (Fsp3) is 0.769. The highest BCUT2D eigenvalue weighted by molar-refractivity contribution is 5.06. The number of unbranched alkanes of at least 4 members (excludes halogenated alkanes) is 2. The standard InChI is InChI=1S/C13H20N2O9.C13H21NO6/c1-13(2,3)7-11-10(22-12(16)23-11)6-4-5-9(24-15(19)20)8-21-14(17)18;1-13(2,3)9-11-10(19-12(15)20-11)7-5-4-6-8-18-14(16)17/h9H,4-8H2,1-3H3;4-9H2,1-3H3. The van der Waals surface area contributed by atoms with Crippen molar-refractivity contribution < 1.29 is 47.4 Å². The molecule has 44 heavy (non-hydrogen) atoms. The van der Waals surface area contributed by atoms with Crippen molar-refractivity contribution >= 4 is 0 Å². The fourth-order valence-corrected chi connectivity index (χ4v) is 3.91. The molecule has 2 heterocycles. The van der Waals surface area contributed by atoms with Gasteiger partial charge in [0.1, 0.15) is 24.2 Å². The zero-order valence-corrected chi connectivity index (χ0v) is 25.8. The topological polar surface area (TPSA) is 244 Å². The minimum Gasteiger partial charge on any atom is -0.396 e. The summed E-state index contributed by atoms with van der Waals surface area (Å²) in [6, 6.07) is 0. The molecule has 0 amide bonds. The minimum atomic E-state index is -1.09. The summed E-state index contributed by atoms with van der Waals surface area (Å²) in [6.07, 6.45) is 3.48. The first-order chi connectivity index (χ1) is 20.3. The van der Waals surface area contributed by atoms with E-state index >= 15 is 0 Å². The molecule has 0 radical (unpaired) electrons. The van der Waals surface area contributed by atoms with Crippen molar-refractivity contribution in [1.29, 1.82) is 0 Å². The van der Waals surface area contributed by atoms with Crippen molar-refractivity contribution in [2.75, 3.05) is 13.2 Å². The van der Waals surface area contributed by atoms with Crippen LogP contribution in [-0.2, 0) is 40.2 Å². The highest BCUT2D eigenvalue weighted by Crippen LogP contribution is 2.24. The maximum Gasteiger partial charge on any atom is 0.519 e. The molecule has 1 atom stereocenters. The maximum absolute atomic E-state index is 11.3. The third-order valence-corrected chi connectivity index (χ3v) is 5.61. The van der Waals surface area contributed by atoms with Crippen LogP contribution in [0, 0.1) is 41.2 Å². The maximum atomic E-state index is 11.3. The van der Waals surface area contributed by atoms with Crippen molar-refractivity contribution in [2.24, 2.45) is 10.8 Å². The molecular formula is C26H41N3O15. The van der Waals surface area contributed by atoms with E-state index in [2.05, 4.69) is 35.3 Å². The highest BCUT2D eigenvalue weighted by Gasteiger charge is 2.22. The second kappa shape index (κ2) is 17.7. The van der Waals surface area contributed by atoms with Gasteiger partial charge >= 0.3 is 11.6 Å². The summed E-state index contributed by atoms with van der Waals surface area (Å²) < 4.78 is 20.1. The molecule has 0 N–H and O–H groups in total. The Morgan fingerprint density at radius 2 is 1.09 bits per heavy atom. The van der Waals surface area contributed by atoms with Crippen LogP contribution in [-0.4, -0.2) is 34.6 Å². The Labute approximate surface area is 251 Å². The van der Waals surface area contributed by atoms with Gasteiger partial charge in [-0.3, -0.25) is 0 Å². The molecule has 2 aromatic heterocycles. The lowest BCUT2D eigenvalue weighted by atomic mass is 9.90. The van der Waals surface area contributed by atoms with Crippen molar-refractivity contribution in [3.63, 3.8) is 0 Å². The summed E-state index contributed by atoms with van der Waals surface area (Å²) in [4.78, 5) is 65.6. The van der Waals surface area contributed by atoms with E-state index < -0.39 is 39.6 Å². The first-order valence-electron chi connectivity index (χ1n) is 13.9. The lowest BCUT2D eigenvalue weighted by Crippen LogP contribution is -2.24. The first kappa shape index (κ1) is 37.6. The third kappa shape index (κ3) is 17.5. The van der Waals surface area contributed by atoms with Crippen LogP contribution in [0.1, 0.15) is 96.7 Å². The zero-order valence-electron chi connectivity index (χ0n) is 25.8. The van der Waals surface area contributed by atoms with Crippen LogP contribution in [0.25, 0.3) is 0 Å². The smallest absolute Gasteiger partial charge is 0.396 e. The minimum absolute atomic E-state index is 0.00805. The van der Waals surface area contributed by atoms with E-state index in [0.29, 0.717) is 55.1 Å². The largest absolute Gasteiger partial charge is 0.519 e. The molecule has 250 valence electrons. The molecule has 0 spiro atoms. The van der Waals surface area contributed by atoms with Gasteiger partial charge in [-0.1, -0.05) is 48.0 Å². The first-order valence-corrected chi connectivity index (χ1v) is 13.9. The van der Waals surface area contributed by atoms with Gasteiger partial charge < -0.3 is 32.2 Å². The van der Waals surface area contributed by atoms with Gasteiger partial charge in [0.25, 0.3) is 15.3 Å². The predicted octanol–water partition coefficient (Wildman–Crippen LogP) is 4.67. The Morgan fingerprint density at radius 1 is 0.636 bits per heavy atom. The lowest BCUT2D eigenvalue weighted by Gasteiger charge is -2.16. The van der Waals surface area contributed by atoms with Gasteiger partial charge in [0, 0.05) is 25.7 Å². The average molecular weight is 636 g/mol. The van der Waals surface area contributed by atoms with Gasteiger partial charge in [-0.2, -0.15) is 0 Å². The number of hydrogen-bond donors (Lipinski definition) is 0. The van der Waals surface area contributed by atoms with E-state index in [9.17, 15) is 39.9 Å². The Hall–Kier alpha value is -4.38. The van der Waals surface area contributed by atoms with Crippen molar-refractivity contribution in [3.05, 3.63) is 74.6 Å². The molecule has 0 aliphatic rings. The van der Waals surface area contributed by atoms with E-state index in [-0.39, 0.29) is 30.3 Å². The van der Waals surface area contributed by atoms with Gasteiger partial charge in [-0.05, 0) is 36.5 Å². The zero-order chi connectivity index (χ0) is 33.5. The van der Waals surface area contributed by atoms with Crippen LogP contribution in [0.4, 0.5) is 0 Å². The van der Waals surface area contributed by atoms with E-state index in [4.69, 9.17) is 17.7 Å². The average Bonchev–Trinajstić information content (AvgIpc) is 3.37. The summed E-state index contributed by atoms with van der Waals surface area (Å²) in [5.41, 5.74) is -0.112. The van der Waals surface area contributed by atoms with Crippen LogP contribution in [0.2, 0.25) is 0 Å². The van der Waals surface area contributed by atoms with E-state index in [1.165, 1.54) is 0 Å². The molecule has 0 aliphatic heterocycles. The molecule has 0 aliphatic carbocycles. The fourth-order valence-electron chi connectivity index (χ4n) is 3.91. The highest BCUT2D eigenvalue weighted by atomic mass is 17.0. The molecular weight excluding hydrogens is 594 g/mol. The molecule has 2 aromatic rings. The van der Waals surface area contributed by atoms with Gasteiger partial charge in [0.05, 0.1) is 6.61 Å². The van der Waals surface area contributed by atoms with Gasteiger partial charge in [0.2, 0.25) is 0 Å². The molecule has 0 bridgehead atoms. The monoisotopic (exact) mass is 635 g/mol. The molecule has 0 aromatic carbocycles. The number of hydrogen-bond acceptors (Lipinski definition) is 15. The van der Waals surface area contributed by atoms with Crippen molar-refractivity contribution in [2.45, 2.75) is 105 Å². The number of rotatable bonds is 18. The normalized spacial score (nSPS) is 12.1. The van der Waals surface area contributed by atoms with Crippen LogP contribution >= 0.6 is 0 Å². The van der Waals surface area contributed by atoms with Gasteiger partial charge in [-0.25, -0.2) is 9.59 Å². The van der Waals surface area contributed by atoms with E-state index in [1.807, 2.05) is 20.8 Å². The molecule has 2 rings (SSSR count). The number of nitrogens with zero attached hydrogens (tertiary/aromatic N) is 3. The summed E-state index contributed by atoms with van der Waals surface area (Å²) in [6.45, 7) is 11.6. The molecule has 0 saturated heterocycles. The summed E-state index contributed by atoms with van der Waals surface area (Å²) >= 11 is 0. The summed E-state index contributed by atoms with van der Waals surface area (Å²) in [7, 11) is 0. The lowest BCUT2D eigenvalue weighted by molar-refractivity contribution is -0.790. The second-order valence-corrected chi connectivity index (χ2v) is 12.3. The van der Waals surface area contributed by atoms with Crippen LogP contribution in [0.15, 0.2) is 27.3 Å². The molecule has 0 fully saturated rings. The molecule has 0 saturated carbocycles. The predicted molar refractivity (Wildman–Crippen MR) is 149 cm³/mol. The molecule has 18 nitrogen and oxygen atoms in total. The summed E-state index contributed by atoms with van der Waals surface area (Å²) in [5.74, 6) is 0.505. The number of aryl methyl sites for hydroxylation is 2. The molecule has 18 heteroatoms.